The van der Waals surface area contributed by atoms with Crippen LogP contribution in [0.3, 0.4) is 0 Å². The van der Waals surface area contributed by atoms with Crippen LogP contribution in [0.4, 0.5) is 10.1 Å². The summed E-state index contributed by atoms with van der Waals surface area (Å²) >= 11 is 0. The fraction of sp³-hybridized carbons (Fsp3) is 0.400. The van der Waals surface area contributed by atoms with Crippen LogP contribution in [0.5, 0.6) is 5.75 Å². The molecule has 33 heavy (non-hydrogen) atoms. The number of hydrogen-bond acceptors (Lipinski definition) is 5. The van der Waals surface area contributed by atoms with E-state index in [1.54, 1.807) is 31.2 Å². The molecule has 1 aliphatic rings. The Bertz CT molecular complexity index is 1250. The summed E-state index contributed by atoms with van der Waals surface area (Å²) < 4.78 is 16.7. The van der Waals surface area contributed by atoms with Gasteiger partial charge in [-0.3, -0.25) is 4.79 Å². The van der Waals surface area contributed by atoms with E-state index in [1.165, 1.54) is 10.6 Å². The molecule has 0 aliphatic heterocycles. The molecule has 0 saturated heterocycles. The molecule has 1 amide bonds. The predicted molar refractivity (Wildman–Crippen MR) is 125 cm³/mol. The molecule has 2 aromatic carbocycles. The number of phenolic OH excluding ortho intramolecular Hbond substituents is 1. The van der Waals surface area contributed by atoms with Crippen molar-refractivity contribution in [2.24, 2.45) is 5.18 Å². The van der Waals surface area contributed by atoms with Crippen molar-refractivity contribution in [3.8, 4) is 5.75 Å². The van der Waals surface area contributed by atoms with Crippen LogP contribution in [0.2, 0.25) is 0 Å². The lowest BCUT2D eigenvalue weighted by Gasteiger charge is -2.24. The lowest BCUT2D eigenvalue weighted by molar-refractivity contribution is -0.118. The fourth-order valence-corrected chi connectivity index (χ4v) is 4.37. The van der Waals surface area contributed by atoms with Crippen molar-refractivity contribution in [3.05, 3.63) is 63.9 Å². The molecule has 1 heterocycles. The largest absolute Gasteiger partial charge is 0.508 e. The van der Waals surface area contributed by atoms with Crippen molar-refractivity contribution >= 4 is 22.5 Å². The molecule has 1 saturated carbocycles. The number of aliphatic hydroxyl groups excluding tert-OH is 1. The Hall–Kier alpha value is -3.26. The molecule has 3 N–H and O–H groups in total. The van der Waals surface area contributed by atoms with Gasteiger partial charge in [-0.25, -0.2) is 4.39 Å². The highest BCUT2D eigenvalue weighted by Crippen LogP contribution is 2.50. The van der Waals surface area contributed by atoms with Gasteiger partial charge in [0.1, 0.15) is 11.6 Å². The maximum Gasteiger partial charge on any atom is 0.235 e. The number of halogens is 1. The minimum absolute atomic E-state index is 0.136. The Balaban J connectivity index is 1.73. The van der Waals surface area contributed by atoms with Crippen molar-refractivity contribution in [1.29, 1.82) is 0 Å². The van der Waals surface area contributed by atoms with E-state index in [4.69, 9.17) is 0 Å². The zero-order valence-corrected chi connectivity index (χ0v) is 19.1. The molecule has 1 aliphatic carbocycles. The van der Waals surface area contributed by atoms with Crippen LogP contribution in [0.1, 0.15) is 56.6 Å². The summed E-state index contributed by atoms with van der Waals surface area (Å²) in [7, 11) is 0. The smallest absolute Gasteiger partial charge is 0.235 e. The number of anilines is 1. The van der Waals surface area contributed by atoms with Crippen molar-refractivity contribution in [2.45, 2.75) is 57.5 Å². The number of nitrogens with zero attached hydrogens (tertiary/aromatic N) is 2. The molecule has 4 rings (SSSR count). The molecule has 1 unspecified atom stereocenters. The van der Waals surface area contributed by atoms with E-state index in [-0.39, 0.29) is 17.2 Å². The van der Waals surface area contributed by atoms with Crippen LogP contribution in [0, 0.1) is 17.6 Å². The zero-order valence-electron chi connectivity index (χ0n) is 19.1. The SMILES string of the molecule is Cc1ccc(C2(C(=O)Nc3cc(F)c4c(c3)cc(C(C)(C)C)n4C(CO)N=O)CC2)cc1O. The molecule has 1 aromatic heterocycles. The Morgan fingerprint density at radius 2 is 1.94 bits per heavy atom. The molecule has 1 fully saturated rings. The minimum atomic E-state index is -1.16. The first kappa shape index (κ1) is 22.9. The van der Waals surface area contributed by atoms with Gasteiger partial charge in [0.15, 0.2) is 6.17 Å². The summed E-state index contributed by atoms with van der Waals surface area (Å²) in [4.78, 5) is 24.5. The number of aliphatic hydroxyl groups is 1. The predicted octanol–water partition coefficient (Wildman–Crippen LogP) is 5.02. The van der Waals surface area contributed by atoms with Gasteiger partial charge in [-0.05, 0) is 60.3 Å². The maximum atomic E-state index is 15.3. The second kappa shape index (κ2) is 7.95. The van der Waals surface area contributed by atoms with Gasteiger partial charge in [0.05, 0.1) is 17.5 Å². The first-order valence-electron chi connectivity index (χ1n) is 10.9. The third-order valence-corrected chi connectivity index (χ3v) is 6.44. The number of aromatic hydroxyl groups is 1. The molecule has 0 spiro atoms. The normalized spacial score (nSPS) is 15.9. The summed E-state index contributed by atoms with van der Waals surface area (Å²) in [5.74, 6) is -0.752. The molecule has 174 valence electrons. The lowest BCUT2D eigenvalue weighted by atomic mass is 9.92. The number of carbonyl (C=O) groups excluding carboxylic acids is 1. The van der Waals surface area contributed by atoms with Crippen molar-refractivity contribution in [3.63, 3.8) is 0 Å². The monoisotopic (exact) mass is 453 g/mol. The summed E-state index contributed by atoms with van der Waals surface area (Å²) in [6.07, 6.45) is 0.121. The lowest BCUT2D eigenvalue weighted by Crippen LogP contribution is -2.27. The molecule has 3 aromatic rings. The van der Waals surface area contributed by atoms with Crippen LogP contribution in [-0.2, 0) is 15.6 Å². The van der Waals surface area contributed by atoms with Crippen molar-refractivity contribution in [2.75, 3.05) is 11.9 Å². The van der Waals surface area contributed by atoms with Gasteiger partial charge in [-0.15, -0.1) is 4.91 Å². The fourth-order valence-electron chi connectivity index (χ4n) is 4.37. The molecular formula is C25H28FN3O4. The highest BCUT2D eigenvalue weighted by Gasteiger charge is 2.51. The van der Waals surface area contributed by atoms with Gasteiger partial charge in [-0.1, -0.05) is 32.9 Å². The Kier molecular flexibility index (Phi) is 5.52. The Morgan fingerprint density at radius 3 is 2.48 bits per heavy atom. The third-order valence-electron chi connectivity index (χ3n) is 6.44. The highest BCUT2D eigenvalue weighted by molar-refractivity contribution is 6.02. The number of nitrogens with one attached hydrogen (secondary N) is 1. The van der Waals surface area contributed by atoms with Crippen molar-refractivity contribution < 1.29 is 19.4 Å². The van der Waals surface area contributed by atoms with Crippen LogP contribution in [0.25, 0.3) is 10.9 Å². The number of aryl methyl sites for hydroxylation is 1. The van der Waals surface area contributed by atoms with Gasteiger partial charge in [0.25, 0.3) is 0 Å². The number of rotatable bonds is 6. The van der Waals surface area contributed by atoms with Crippen LogP contribution in [-0.4, -0.2) is 27.3 Å². The minimum Gasteiger partial charge on any atom is -0.508 e. The first-order valence-corrected chi connectivity index (χ1v) is 10.9. The van der Waals surface area contributed by atoms with Gasteiger partial charge in [0.2, 0.25) is 5.91 Å². The summed E-state index contributed by atoms with van der Waals surface area (Å²) in [6.45, 7) is 7.00. The van der Waals surface area contributed by atoms with Crippen LogP contribution in [0.15, 0.2) is 41.6 Å². The van der Waals surface area contributed by atoms with E-state index in [9.17, 15) is 19.9 Å². The Morgan fingerprint density at radius 1 is 1.24 bits per heavy atom. The van der Waals surface area contributed by atoms with Gasteiger partial charge in [0, 0.05) is 22.2 Å². The number of nitroso groups, excluding NO2 is 1. The van der Waals surface area contributed by atoms with E-state index in [0.717, 1.165) is 11.1 Å². The van der Waals surface area contributed by atoms with Crippen LogP contribution >= 0.6 is 0 Å². The second-order valence-electron chi connectivity index (χ2n) is 9.85. The molecule has 8 heteroatoms. The number of amides is 1. The number of hydrogen-bond donors (Lipinski definition) is 3. The number of fused-ring (bicyclic) bond motifs is 1. The average molecular weight is 454 g/mol. The third kappa shape index (κ3) is 3.88. The van der Waals surface area contributed by atoms with E-state index in [2.05, 4.69) is 10.5 Å². The maximum absolute atomic E-state index is 15.3. The molecule has 0 bridgehead atoms. The molecule has 1 atom stereocenters. The van der Waals surface area contributed by atoms with Crippen LogP contribution < -0.4 is 5.32 Å². The van der Waals surface area contributed by atoms with Crippen molar-refractivity contribution in [1.82, 2.24) is 4.57 Å². The topological polar surface area (TPSA) is 104 Å². The quantitative estimate of drug-likeness (QED) is 0.456. The second-order valence-corrected chi connectivity index (χ2v) is 9.85. The van der Waals surface area contributed by atoms with E-state index in [0.29, 0.717) is 29.6 Å². The summed E-state index contributed by atoms with van der Waals surface area (Å²) in [6, 6.07) is 9.85. The highest BCUT2D eigenvalue weighted by atomic mass is 19.1. The number of benzene rings is 2. The number of carbonyl (C=O) groups is 1. The first-order chi connectivity index (χ1) is 15.5. The number of aromatic nitrogens is 1. The Labute approximate surface area is 191 Å². The zero-order chi connectivity index (χ0) is 24.1. The van der Waals surface area contributed by atoms with E-state index < -0.39 is 29.4 Å². The van der Waals surface area contributed by atoms with E-state index >= 15 is 4.39 Å². The van der Waals surface area contributed by atoms with Gasteiger partial charge < -0.3 is 20.1 Å². The van der Waals surface area contributed by atoms with Gasteiger partial charge in [-0.2, -0.15) is 0 Å². The summed E-state index contributed by atoms with van der Waals surface area (Å²) in [5.41, 5.74) is 1.36. The molecule has 0 radical (unpaired) electrons. The average Bonchev–Trinajstić information content (AvgIpc) is 3.46. The summed E-state index contributed by atoms with van der Waals surface area (Å²) in [5, 5.41) is 26.0. The standard InChI is InChI=1S/C25H28FN3O4/c1-14-5-6-16(11-19(14)31)25(7-8-25)23(32)27-17-9-15-10-20(24(2,3)4)29(21(13-30)28-33)22(15)18(26)12-17/h5-6,9-12,21,30-31H,7-8,13H2,1-4H3,(H,27,32). The van der Waals surface area contributed by atoms with Gasteiger partial charge >= 0.3 is 0 Å². The molecule has 7 nitrogen and oxygen atoms in total. The molecular weight excluding hydrogens is 425 g/mol. The van der Waals surface area contributed by atoms with E-state index in [1.807, 2.05) is 26.8 Å². The number of phenols is 1.